The number of aromatic hydroxyl groups is 1. The Morgan fingerprint density at radius 2 is 1.35 bits per heavy atom. The molecular weight excluding hydrogens is 380 g/mol. The predicted octanol–water partition coefficient (Wildman–Crippen LogP) is 8.70. The molecule has 31 heavy (non-hydrogen) atoms. The van der Waals surface area contributed by atoms with Crippen molar-refractivity contribution in [3.05, 3.63) is 22.3 Å². The van der Waals surface area contributed by atoms with E-state index in [1.165, 1.54) is 63.4 Å². The van der Waals surface area contributed by atoms with Gasteiger partial charge in [0.1, 0.15) is 11.5 Å². The van der Waals surface area contributed by atoms with Gasteiger partial charge >= 0.3 is 0 Å². The zero-order chi connectivity index (χ0) is 23.1. The molecule has 1 aromatic carbocycles. The van der Waals surface area contributed by atoms with Crippen LogP contribution in [0.2, 0.25) is 0 Å². The summed E-state index contributed by atoms with van der Waals surface area (Å²) in [6.07, 6.45) is 13.5. The van der Waals surface area contributed by atoms with Crippen molar-refractivity contribution < 1.29 is 9.84 Å². The highest BCUT2D eigenvalue weighted by molar-refractivity contribution is 5.58. The molecule has 0 spiro atoms. The Hall–Kier alpha value is -1.18. The molecule has 1 aliphatic heterocycles. The van der Waals surface area contributed by atoms with E-state index in [9.17, 15) is 5.11 Å². The number of fused-ring (bicyclic) bond motifs is 1. The van der Waals surface area contributed by atoms with E-state index in [0.29, 0.717) is 11.7 Å². The molecule has 4 atom stereocenters. The summed E-state index contributed by atoms with van der Waals surface area (Å²) >= 11 is 0. The molecule has 1 aliphatic rings. The number of phenolic OH excluding ortho intramolecular Hbond substituents is 1. The lowest BCUT2D eigenvalue weighted by Crippen LogP contribution is -2.31. The molecule has 0 radical (unpaired) electrons. The third-order valence-corrected chi connectivity index (χ3v) is 7.92. The summed E-state index contributed by atoms with van der Waals surface area (Å²) in [4.78, 5) is 0. The van der Waals surface area contributed by atoms with Crippen LogP contribution in [-0.2, 0) is 6.42 Å². The second-order valence-electron chi connectivity index (χ2n) is 11.2. The smallest absolute Gasteiger partial charge is 0.126 e. The molecule has 0 amide bonds. The first-order chi connectivity index (χ1) is 14.6. The first-order valence-corrected chi connectivity index (χ1v) is 13.1. The number of hydrogen-bond acceptors (Lipinski definition) is 2. The van der Waals surface area contributed by atoms with Crippen LogP contribution >= 0.6 is 0 Å². The van der Waals surface area contributed by atoms with Gasteiger partial charge in [0.15, 0.2) is 0 Å². The van der Waals surface area contributed by atoms with Gasteiger partial charge in [-0.1, -0.05) is 79.1 Å². The summed E-state index contributed by atoms with van der Waals surface area (Å²) in [6.45, 7) is 17.9. The minimum atomic E-state index is 0.261. The number of phenols is 1. The van der Waals surface area contributed by atoms with Crippen molar-refractivity contribution in [3.63, 3.8) is 0 Å². The fourth-order valence-electron chi connectivity index (χ4n) is 5.33. The van der Waals surface area contributed by atoms with E-state index in [1.807, 2.05) is 13.8 Å². The van der Waals surface area contributed by atoms with Crippen LogP contribution in [0.15, 0.2) is 0 Å². The maximum atomic E-state index is 10.5. The third kappa shape index (κ3) is 7.43. The van der Waals surface area contributed by atoms with E-state index in [-0.39, 0.29) is 6.10 Å². The van der Waals surface area contributed by atoms with Gasteiger partial charge in [0.2, 0.25) is 0 Å². The van der Waals surface area contributed by atoms with E-state index in [0.717, 1.165) is 46.6 Å². The van der Waals surface area contributed by atoms with Crippen LogP contribution in [0.25, 0.3) is 0 Å². The Bertz CT molecular complexity index is 691. The normalized spacial score (nSPS) is 20.4. The first-order valence-electron chi connectivity index (χ1n) is 13.1. The second kappa shape index (κ2) is 12.2. The average molecular weight is 431 g/mol. The van der Waals surface area contributed by atoms with Crippen LogP contribution in [-0.4, -0.2) is 11.2 Å². The SMILES string of the molecule is Cc1c(C)c2c(c(C)c1O)C[C@@H](CCC[C@H](C)CCC[C@H](C)CCCC(C)C)[C@@H](C)O2. The highest BCUT2D eigenvalue weighted by atomic mass is 16.5. The zero-order valence-corrected chi connectivity index (χ0v) is 21.8. The Kier molecular flexibility index (Phi) is 10.2. The van der Waals surface area contributed by atoms with E-state index in [4.69, 9.17) is 4.74 Å². The number of rotatable bonds is 12. The lowest BCUT2D eigenvalue weighted by atomic mass is 9.82. The second-order valence-corrected chi connectivity index (χ2v) is 11.2. The molecule has 0 aromatic heterocycles. The summed E-state index contributed by atoms with van der Waals surface area (Å²) in [5.74, 6) is 4.61. The maximum Gasteiger partial charge on any atom is 0.126 e. The van der Waals surface area contributed by atoms with Crippen molar-refractivity contribution >= 4 is 0 Å². The molecule has 0 aliphatic carbocycles. The molecule has 0 fully saturated rings. The molecule has 2 rings (SSSR count). The van der Waals surface area contributed by atoms with Gasteiger partial charge < -0.3 is 9.84 Å². The van der Waals surface area contributed by atoms with Gasteiger partial charge in [0.05, 0.1) is 6.10 Å². The van der Waals surface area contributed by atoms with Gasteiger partial charge in [-0.15, -0.1) is 0 Å². The molecule has 2 nitrogen and oxygen atoms in total. The van der Waals surface area contributed by atoms with Crippen LogP contribution in [0, 0.1) is 44.4 Å². The van der Waals surface area contributed by atoms with Gasteiger partial charge in [-0.25, -0.2) is 0 Å². The predicted molar refractivity (Wildman–Crippen MR) is 134 cm³/mol. The molecule has 0 bridgehead atoms. The summed E-state index contributed by atoms with van der Waals surface area (Å²) in [6, 6.07) is 0. The quantitative estimate of drug-likeness (QED) is 0.359. The molecule has 2 heteroatoms. The fraction of sp³-hybridized carbons (Fsp3) is 0.793. The molecule has 0 saturated carbocycles. The van der Waals surface area contributed by atoms with Crippen molar-refractivity contribution in [1.82, 2.24) is 0 Å². The summed E-state index contributed by atoms with van der Waals surface area (Å²) < 4.78 is 6.38. The third-order valence-electron chi connectivity index (χ3n) is 7.92. The van der Waals surface area contributed by atoms with Crippen molar-refractivity contribution in [2.75, 3.05) is 0 Å². The molecule has 1 heterocycles. The zero-order valence-electron chi connectivity index (χ0n) is 21.8. The monoisotopic (exact) mass is 430 g/mol. The van der Waals surface area contributed by atoms with Gasteiger partial charge in [-0.2, -0.15) is 0 Å². The highest BCUT2D eigenvalue weighted by Gasteiger charge is 2.30. The maximum absolute atomic E-state index is 10.5. The van der Waals surface area contributed by atoms with E-state index < -0.39 is 0 Å². The van der Waals surface area contributed by atoms with Crippen molar-refractivity contribution in [2.45, 2.75) is 126 Å². The van der Waals surface area contributed by atoms with Gasteiger partial charge in [-0.3, -0.25) is 0 Å². The first kappa shape index (κ1) is 26.1. The minimum Gasteiger partial charge on any atom is -0.507 e. The number of benzene rings is 1. The molecule has 0 saturated heterocycles. The summed E-state index contributed by atoms with van der Waals surface area (Å²) in [5, 5.41) is 10.5. The highest BCUT2D eigenvalue weighted by Crippen LogP contribution is 2.43. The van der Waals surface area contributed by atoms with Gasteiger partial charge in [0.25, 0.3) is 0 Å². The average Bonchev–Trinajstić information content (AvgIpc) is 2.71. The minimum absolute atomic E-state index is 0.261. The molecular formula is C29H50O2. The largest absolute Gasteiger partial charge is 0.507 e. The lowest BCUT2D eigenvalue weighted by molar-refractivity contribution is 0.119. The molecule has 0 unspecified atom stereocenters. The summed E-state index contributed by atoms with van der Waals surface area (Å²) in [5.41, 5.74) is 4.33. The molecule has 1 N–H and O–H groups in total. The van der Waals surface area contributed by atoms with Crippen LogP contribution in [0.1, 0.15) is 115 Å². The van der Waals surface area contributed by atoms with Crippen molar-refractivity contribution in [2.24, 2.45) is 23.7 Å². The van der Waals surface area contributed by atoms with Crippen molar-refractivity contribution in [1.29, 1.82) is 0 Å². The van der Waals surface area contributed by atoms with E-state index in [2.05, 4.69) is 41.5 Å². The van der Waals surface area contributed by atoms with Crippen molar-refractivity contribution in [3.8, 4) is 11.5 Å². The van der Waals surface area contributed by atoms with Gasteiger partial charge in [-0.05, 0) is 80.9 Å². The van der Waals surface area contributed by atoms with Gasteiger partial charge in [0, 0.05) is 5.56 Å². The standard InChI is InChI=1S/C29H50O2/c1-19(2)12-9-13-20(3)14-10-15-21(4)16-11-17-26-18-27-24(7)28(30)22(5)23(6)29(27)31-25(26)8/h19-21,25-26,30H,9-18H2,1-8H3/t20-,21-,25-,26-/m1/s1. The van der Waals surface area contributed by atoms with Crippen LogP contribution < -0.4 is 4.74 Å². The Labute approximate surface area is 193 Å². The topological polar surface area (TPSA) is 29.5 Å². The molecule has 1 aromatic rings. The number of hydrogen-bond donors (Lipinski definition) is 1. The Morgan fingerprint density at radius 3 is 1.94 bits per heavy atom. The van der Waals surface area contributed by atoms with Crippen LogP contribution in [0.4, 0.5) is 0 Å². The van der Waals surface area contributed by atoms with Crippen LogP contribution in [0.5, 0.6) is 11.5 Å². The fourth-order valence-corrected chi connectivity index (χ4v) is 5.33. The Morgan fingerprint density at radius 1 is 0.806 bits per heavy atom. The van der Waals surface area contributed by atoms with E-state index in [1.54, 1.807) is 0 Å². The molecule has 178 valence electrons. The lowest BCUT2D eigenvalue weighted by Gasteiger charge is -2.34. The number of ether oxygens (including phenoxy) is 1. The Balaban J connectivity index is 1.73. The van der Waals surface area contributed by atoms with Crippen LogP contribution in [0.3, 0.4) is 0 Å². The summed E-state index contributed by atoms with van der Waals surface area (Å²) in [7, 11) is 0. The van der Waals surface area contributed by atoms with E-state index >= 15 is 0 Å².